The van der Waals surface area contributed by atoms with Gasteiger partial charge in [0, 0.05) is 51.7 Å². The Bertz CT molecular complexity index is 479. The van der Waals surface area contributed by atoms with Crippen LogP contribution in [-0.2, 0) is 4.79 Å². The number of carbonyl (C=O) groups is 1. The van der Waals surface area contributed by atoms with Gasteiger partial charge in [0.1, 0.15) is 0 Å². The molecule has 0 aromatic heterocycles. The van der Waals surface area contributed by atoms with Crippen LogP contribution in [0.3, 0.4) is 0 Å². The Kier molecular flexibility index (Phi) is 3.76. The van der Waals surface area contributed by atoms with Crippen LogP contribution in [0.15, 0.2) is 24.3 Å². The minimum atomic E-state index is 0.197. The molecule has 0 saturated carbocycles. The Balaban J connectivity index is 1.72. The fourth-order valence-electron chi connectivity index (χ4n) is 3.18. The highest BCUT2D eigenvalue weighted by atomic mass is 16.2. The minimum absolute atomic E-state index is 0.197. The van der Waals surface area contributed by atoms with E-state index < -0.39 is 0 Å². The molecule has 2 heterocycles. The number of aryl methyl sites for hydroxylation is 1. The number of nitrogens with zero attached hydrogens (tertiary/aromatic N) is 2. The molecule has 0 aliphatic carbocycles. The van der Waals surface area contributed by atoms with Crippen LogP contribution in [0.25, 0.3) is 0 Å². The lowest BCUT2D eigenvalue weighted by Crippen LogP contribution is -2.64. The molecule has 0 bridgehead atoms. The number of carbonyl (C=O) groups excluding carboxylic acids is 1. The molecule has 4 heteroatoms. The van der Waals surface area contributed by atoms with E-state index in [-0.39, 0.29) is 5.91 Å². The molecule has 0 spiro atoms. The molecule has 1 atom stereocenters. The highest BCUT2D eigenvalue weighted by Gasteiger charge is 2.37. The number of rotatable bonds is 2. The highest BCUT2D eigenvalue weighted by Crippen LogP contribution is 2.28. The van der Waals surface area contributed by atoms with E-state index in [1.807, 2.05) is 4.90 Å². The van der Waals surface area contributed by atoms with Gasteiger partial charge in [-0.2, -0.15) is 0 Å². The first-order chi connectivity index (χ1) is 9.65. The first kappa shape index (κ1) is 13.6. The number of piperazine rings is 1. The Morgan fingerprint density at radius 2 is 1.95 bits per heavy atom. The summed E-state index contributed by atoms with van der Waals surface area (Å²) in [4.78, 5) is 15.8. The van der Waals surface area contributed by atoms with Crippen molar-refractivity contribution in [3.63, 3.8) is 0 Å². The van der Waals surface area contributed by atoms with Gasteiger partial charge in [0.2, 0.25) is 5.91 Å². The molecule has 2 aliphatic rings. The standard InChI is InChI=1S/C16H23N3O/c1-12-3-5-14(6-4-12)16-9-17-7-8-19(16)15-10-18(11-15)13(2)20/h3-6,15-17H,7-11H2,1-2H3/t16-/m1/s1. The first-order valence-corrected chi connectivity index (χ1v) is 7.43. The Morgan fingerprint density at radius 3 is 2.60 bits per heavy atom. The van der Waals surface area contributed by atoms with Crippen LogP contribution in [-0.4, -0.2) is 54.5 Å². The maximum Gasteiger partial charge on any atom is 0.219 e. The maximum atomic E-state index is 11.3. The molecular formula is C16H23N3O. The molecule has 1 N–H and O–H groups in total. The van der Waals surface area contributed by atoms with Crippen LogP contribution in [0.1, 0.15) is 24.1 Å². The van der Waals surface area contributed by atoms with Gasteiger partial charge in [-0.05, 0) is 12.5 Å². The molecule has 2 fully saturated rings. The van der Waals surface area contributed by atoms with Gasteiger partial charge >= 0.3 is 0 Å². The summed E-state index contributed by atoms with van der Waals surface area (Å²) in [5.41, 5.74) is 2.68. The Morgan fingerprint density at radius 1 is 1.25 bits per heavy atom. The predicted molar refractivity (Wildman–Crippen MR) is 79.5 cm³/mol. The van der Waals surface area contributed by atoms with Crippen molar-refractivity contribution in [3.8, 4) is 0 Å². The molecule has 3 rings (SSSR count). The van der Waals surface area contributed by atoms with Crippen LogP contribution < -0.4 is 5.32 Å². The number of benzene rings is 1. The van der Waals surface area contributed by atoms with Crippen LogP contribution in [0.5, 0.6) is 0 Å². The number of likely N-dealkylation sites (tertiary alicyclic amines) is 1. The van der Waals surface area contributed by atoms with Crippen LogP contribution in [0.2, 0.25) is 0 Å². The van der Waals surface area contributed by atoms with Crippen molar-refractivity contribution in [1.82, 2.24) is 15.1 Å². The largest absolute Gasteiger partial charge is 0.340 e. The lowest BCUT2D eigenvalue weighted by molar-refractivity contribution is -0.137. The second kappa shape index (κ2) is 5.54. The zero-order valence-electron chi connectivity index (χ0n) is 12.3. The molecule has 2 saturated heterocycles. The van der Waals surface area contributed by atoms with E-state index in [4.69, 9.17) is 0 Å². The van der Waals surface area contributed by atoms with Crippen molar-refractivity contribution in [2.24, 2.45) is 0 Å². The van der Waals surface area contributed by atoms with Gasteiger partial charge < -0.3 is 10.2 Å². The molecule has 108 valence electrons. The number of hydrogen-bond donors (Lipinski definition) is 1. The molecule has 1 amide bonds. The summed E-state index contributed by atoms with van der Waals surface area (Å²) in [5, 5.41) is 3.49. The van der Waals surface area contributed by atoms with Gasteiger partial charge in [-0.1, -0.05) is 29.8 Å². The minimum Gasteiger partial charge on any atom is -0.340 e. The second-order valence-corrected chi connectivity index (χ2v) is 5.95. The van der Waals surface area contributed by atoms with Crippen molar-refractivity contribution >= 4 is 5.91 Å². The van der Waals surface area contributed by atoms with E-state index in [9.17, 15) is 4.79 Å². The molecule has 2 aliphatic heterocycles. The normalized spacial score (nSPS) is 24.5. The van der Waals surface area contributed by atoms with Crippen molar-refractivity contribution in [1.29, 1.82) is 0 Å². The summed E-state index contributed by atoms with van der Waals surface area (Å²) in [6.07, 6.45) is 0. The average molecular weight is 273 g/mol. The van der Waals surface area contributed by atoms with E-state index in [0.717, 1.165) is 32.7 Å². The number of hydrogen-bond acceptors (Lipinski definition) is 3. The van der Waals surface area contributed by atoms with E-state index in [2.05, 4.69) is 41.4 Å². The molecule has 1 aromatic rings. The second-order valence-electron chi connectivity index (χ2n) is 5.95. The Hall–Kier alpha value is -1.39. The van der Waals surface area contributed by atoms with Gasteiger partial charge in [0.05, 0.1) is 0 Å². The van der Waals surface area contributed by atoms with Crippen molar-refractivity contribution in [2.45, 2.75) is 25.9 Å². The third-order valence-electron chi connectivity index (χ3n) is 4.52. The monoisotopic (exact) mass is 273 g/mol. The smallest absolute Gasteiger partial charge is 0.219 e. The molecule has 20 heavy (non-hydrogen) atoms. The van der Waals surface area contributed by atoms with Crippen LogP contribution in [0, 0.1) is 6.92 Å². The first-order valence-electron chi connectivity index (χ1n) is 7.43. The topological polar surface area (TPSA) is 35.6 Å². The highest BCUT2D eigenvalue weighted by molar-refractivity contribution is 5.74. The van der Waals surface area contributed by atoms with E-state index in [1.165, 1.54) is 11.1 Å². The molecule has 4 nitrogen and oxygen atoms in total. The summed E-state index contributed by atoms with van der Waals surface area (Å²) in [6, 6.07) is 9.80. The zero-order valence-corrected chi connectivity index (χ0v) is 12.3. The number of nitrogens with one attached hydrogen (secondary N) is 1. The lowest BCUT2D eigenvalue weighted by atomic mass is 9.97. The SMILES string of the molecule is CC(=O)N1CC(N2CCNC[C@@H]2c2ccc(C)cc2)C1. The predicted octanol–water partition coefficient (Wildman–Crippen LogP) is 1.17. The average Bonchev–Trinajstić information content (AvgIpc) is 2.38. The van der Waals surface area contributed by atoms with Gasteiger partial charge in [-0.15, -0.1) is 0 Å². The van der Waals surface area contributed by atoms with Gasteiger partial charge in [0.25, 0.3) is 0 Å². The summed E-state index contributed by atoms with van der Waals surface area (Å²) in [5.74, 6) is 0.197. The number of amides is 1. The third-order valence-corrected chi connectivity index (χ3v) is 4.52. The quantitative estimate of drug-likeness (QED) is 0.878. The fourth-order valence-corrected chi connectivity index (χ4v) is 3.18. The lowest BCUT2D eigenvalue weighted by Gasteiger charge is -2.50. The molecule has 0 unspecified atom stereocenters. The Labute approximate surface area is 120 Å². The summed E-state index contributed by atoms with van der Waals surface area (Å²) in [6.45, 7) is 8.66. The van der Waals surface area contributed by atoms with Gasteiger partial charge in [-0.3, -0.25) is 9.69 Å². The summed E-state index contributed by atoms with van der Waals surface area (Å²) < 4.78 is 0. The van der Waals surface area contributed by atoms with Crippen molar-refractivity contribution in [3.05, 3.63) is 35.4 Å². The van der Waals surface area contributed by atoms with Gasteiger partial charge in [-0.25, -0.2) is 0 Å². The van der Waals surface area contributed by atoms with Gasteiger partial charge in [0.15, 0.2) is 0 Å². The summed E-state index contributed by atoms with van der Waals surface area (Å²) >= 11 is 0. The zero-order chi connectivity index (χ0) is 14.1. The molecule has 0 radical (unpaired) electrons. The van der Waals surface area contributed by atoms with Crippen LogP contribution >= 0.6 is 0 Å². The summed E-state index contributed by atoms with van der Waals surface area (Å²) in [7, 11) is 0. The fraction of sp³-hybridized carbons (Fsp3) is 0.562. The third kappa shape index (κ3) is 2.58. The van der Waals surface area contributed by atoms with Crippen molar-refractivity contribution in [2.75, 3.05) is 32.7 Å². The molecular weight excluding hydrogens is 250 g/mol. The van der Waals surface area contributed by atoms with Crippen LogP contribution in [0.4, 0.5) is 0 Å². The van der Waals surface area contributed by atoms with E-state index in [1.54, 1.807) is 6.92 Å². The van der Waals surface area contributed by atoms with E-state index in [0.29, 0.717) is 12.1 Å². The maximum absolute atomic E-state index is 11.3. The molecule has 1 aromatic carbocycles. The van der Waals surface area contributed by atoms with Crippen molar-refractivity contribution < 1.29 is 4.79 Å². The van der Waals surface area contributed by atoms with E-state index >= 15 is 0 Å².